The summed E-state index contributed by atoms with van der Waals surface area (Å²) in [5.74, 6) is -3.51. The zero-order valence-corrected chi connectivity index (χ0v) is 5.48. The van der Waals surface area contributed by atoms with Crippen LogP contribution in [0.1, 0.15) is 0 Å². The molecule has 0 aliphatic heterocycles. The molecule has 0 aromatic carbocycles. The molecule has 60 valence electrons. The molecule has 0 saturated heterocycles. The summed E-state index contributed by atoms with van der Waals surface area (Å²) >= 11 is 0. The number of carboxylic acid groups (broad SMARTS) is 2. The predicted octanol–water partition coefficient (Wildman–Crippen LogP) is 0.200. The third-order valence-corrected chi connectivity index (χ3v) is 0.676. The lowest BCUT2D eigenvalue weighted by atomic mass is 10.4. The van der Waals surface area contributed by atoms with E-state index >= 15 is 0 Å². The van der Waals surface area contributed by atoms with E-state index in [0.29, 0.717) is 6.08 Å². The molecule has 0 aliphatic rings. The van der Waals surface area contributed by atoms with Crippen LogP contribution in [0.15, 0.2) is 24.7 Å². The van der Waals surface area contributed by atoms with Gasteiger partial charge in [-0.1, -0.05) is 6.58 Å². The molecule has 5 heteroatoms. The summed E-state index contributed by atoms with van der Waals surface area (Å²) in [6.07, 6.45) is 1.27. The second kappa shape index (κ2) is 4.10. The quantitative estimate of drug-likeness (QED) is 0.451. The zero-order chi connectivity index (χ0) is 8.85. The van der Waals surface area contributed by atoms with Gasteiger partial charge >= 0.3 is 11.9 Å². The standard InChI is InChI=1S/C6H6O5/c1-2-11-4(6(9)10)3-5(7)8/h2-3H,1H2,(H,7,8)(H,9,10). The van der Waals surface area contributed by atoms with Crippen molar-refractivity contribution in [1.82, 2.24) is 0 Å². The number of carboxylic acids is 2. The number of carbonyl (C=O) groups is 2. The molecule has 0 aliphatic carbocycles. The summed E-state index contributed by atoms with van der Waals surface area (Å²) in [6, 6.07) is 0. The van der Waals surface area contributed by atoms with Gasteiger partial charge in [0.25, 0.3) is 0 Å². The molecule has 0 heterocycles. The van der Waals surface area contributed by atoms with Crippen molar-refractivity contribution in [2.24, 2.45) is 0 Å². The van der Waals surface area contributed by atoms with Gasteiger partial charge in [-0.05, 0) is 0 Å². The summed E-state index contributed by atoms with van der Waals surface area (Å²) in [7, 11) is 0. The van der Waals surface area contributed by atoms with Crippen molar-refractivity contribution in [3.05, 3.63) is 24.7 Å². The second-order valence-electron chi connectivity index (χ2n) is 1.44. The van der Waals surface area contributed by atoms with Gasteiger partial charge in [-0.3, -0.25) is 0 Å². The number of rotatable bonds is 4. The van der Waals surface area contributed by atoms with E-state index in [0.717, 1.165) is 6.26 Å². The van der Waals surface area contributed by atoms with E-state index in [-0.39, 0.29) is 0 Å². The number of hydrogen-bond acceptors (Lipinski definition) is 3. The van der Waals surface area contributed by atoms with Crippen molar-refractivity contribution in [3.8, 4) is 0 Å². The second-order valence-corrected chi connectivity index (χ2v) is 1.44. The first-order valence-electron chi connectivity index (χ1n) is 2.53. The maximum Gasteiger partial charge on any atom is 0.372 e. The van der Waals surface area contributed by atoms with Gasteiger partial charge in [0.1, 0.15) is 0 Å². The van der Waals surface area contributed by atoms with E-state index in [4.69, 9.17) is 10.2 Å². The van der Waals surface area contributed by atoms with Crippen LogP contribution in [0.3, 0.4) is 0 Å². The molecule has 0 fully saturated rings. The maximum atomic E-state index is 10.1. The van der Waals surface area contributed by atoms with E-state index in [2.05, 4.69) is 11.3 Å². The SMILES string of the molecule is C=COC(=CC(=O)O)C(=O)O. The molecule has 11 heavy (non-hydrogen) atoms. The number of aliphatic carboxylic acids is 2. The highest BCUT2D eigenvalue weighted by Crippen LogP contribution is 1.96. The largest absolute Gasteiger partial charge is 0.478 e. The van der Waals surface area contributed by atoms with E-state index in [1.165, 1.54) is 0 Å². The Labute approximate surface area is 62.2 Å². The van der Waals surface area contributed by atoms with Gasteiger partial charge < -0.3 is 14.9 Å². The molecule has 0 bridgehead atoms. The van der Waals surface area contributed by atoms with Crippen molar-refractivity contribution in [2.45, 2.75) is 0 Å². The first kappa shape index (κ1) is 9.22. The van der Waals surface area contributed by atoms with Gasteiger partial charge in [-0.25, -0.2) is 9.59 Å². The smallest absolute Gasteiger partial charge is 0.372 e. The molecule has 0 amide bonds. The topological polar surface area (TPSA) is 83.8 Å². The molecular weight excluding hydrogens is 152 g/mol. The minimum absolute atomic E-state index is 0.435. The molecule has 0 aromatic heterocycles. The summed E-state index contributed by atoms with van der Waals surface area (Å²) in [4.78, 5) is 20.1. The molecule has 2 N–H and O–H groups in total. The third-order valence-electron chi connectivity index (χ3n) is 0.676. The lowest BCUT2D eigenvalue weighted by Gasteiger charge is -1.96. The van der Waals surface area contributed by atoms with Gasteiger partial charge in [0.2, 0.25) is 5.76 Å². The Kier molecular flexibility index (Phi) is 3.44. The fourth-order valence-electron chi connectivity index (χ4n) is 0.348. The highest BCUT2D eigenvalue weighted by Gasteiger charge is 2.08. The average Bonchev–Trinajstić information content (AvgIpc) is 1.86. The fourth-order valence-corrected chi connectivity index (χ4v) is 0.348. The normalized spacial score (nSPS) is 10.4. The van der Waals surface area contributed by atoms with Gasteiger partial charge in [0.15, 0.2) is 0 Å². The zero-order valence-electron chi connectivity index (χ0n) is 5.48. The van der Waals surface area contributed by atoms with Crippen LogP contribution >= 0.6 is 0 Å². The highest BCUT2D eigenvalue weighted by molar-refractivity contribution is 5.92. The van der Waals surface area contributed by atoms with Crippen molar-refractivity contribution in [3.63, 3.8) is 0 Å². The van der Waals surface area contributed by atoms with Crippen LogP contribution in [-0.2, 0) is 14.3 Å². The first-order valence-corrected chi connectivity index (χ1v) is 2.53. The Morgan fingerprint density at radius 3 is 2.18 bits per heavy atom. The summed E-state index contributed by atoms with van der Waals surface area (Å²) in [5, 5.41) is 16.4. The predicted molar refractivity (Wildman–Crippen MR) is 34.6 cm³/mol. The monoisotopic (exact) mass is 158 g/mol. The van der Waals surface area contributed by atoms with Gasteiger partial charge in [-0.15, -0.1) is 0 Å². The Morgan fingerprint density at radius 1 is 1.36 bits per heavy atom. The summed E-state index contributed by atoms with van der Waals surface area (Å²) in [6.45, 7) is 3.07. The first-order chi connectivity index (χ1) is 5.07. The van der Waals surface area contributed by atoms with Gasteiger partial charge in [-0.2, -0.15) is 0 Å². The number of ether oxygens (including phenoxy) is 1. The molecule has 0 radical (unpaired) electrons. The molecule has 0 saturated carbocycles. The van der Waals surface area contributed by atoms with E-state index in [1.807, 2.05) is 0 Å². The van der Waals surface area contributed by atoms with Crippen LogP contribution in [0.2, 0.25) is 0 Å². The Morgan fingerprint density at radius 2 is 1.91 bits per heavy atom. The minimum Gasteiger partial charge on any atom is -0.478 e. The number of hydrogen-bond donors (Lipinski definition) is 2. The van der Waals surface area contributed by atoms with Crippen LogP contribution in [0.25, 0.3) is 0 Å². The van der Waals surface area contributed by atoms with Crippen molar-refractivity contribution < 1.29 is 24.5 Å². The molecule has 0 spiro atoms. The highest BCUT2D eigenvalue weighted by atomic mass is 16.5. The lowest BCUT2D eigenvalue weighted by molar-refractivity contribution is -0.137. The Hall–Kier alpha value is -1.78. The molecule has 0 aromatic rings. The van der Waals surface area contributed by atoms with Gasteiger partial charge in [0, 0.05) is 0 Å². The third kappa shape index (κ3) is 3.74. The van der Waals surface area contributed by atoms with Crippen LogP contribution < -0.4 is 0 Å². The summed E-state index contributed by atoms with van der Waals surface area (Å²) < 4.78 is 4.26. The summed E-state index contributed by atoms with van der Waals surface area (Å²) in [5.41, 5.74) is 0. The molecule has 0 unspecified atom stereocenters. The average molecular weight is 158 g/mol. The van der Waals surface area contributed by atoms with Crippen LogP contribution in [0.5, 0.6) is 0 Å². The van der Waals surface area contributed by atoms with Crippen molar-refractivity contribution in [2.75, 3.05) is 0 Å². The fraction of sp³-hybridized carbons (Fsp3) is 0. The van der Waals surface area contributed by atoms with E-state index in [9.17, 15) is 9.59 Å². The molecule has 0 rings (SSSR count). The molecule has 5 nitrogen and oxygen atoms in total. The Balaban J connectivity index is 4.44. The van der Waals surface area contributed by atoms with Crippen LogP contribution in [0.4, 0.5) is 0 Å². The van der Waals surface area contributed by atoms with E-state index < -0.39 is 17.7 Å². The van der Waals surface area contributed by atoms with Gasteiger partial charge in [0.05, 0.1) is 12.3 Å². The van der Waals surface area contributed by atoms with E-state index in [1.54, 1.807) is 0 Å². The lowest BCUT2D eigenvalue weighted by Crippen LogP contribution is -2.04. The van der Waals surface area contributed by atoms with Crippen LogP contribution in [0, 0.1) is 0 Å². The maximum absolute atomic E-state index is 10.1. The van der Waals surface area contributed by atoms with Crippen molar-refractivity contribution in [1.29, 1.82) is 0 Å². The molecular formula is C6H6O5. The Bertz CT molecular complexity index is 215. The minimum atomic E-state index is -1.45. The molecule has 0 atom stereocenters. The van der Waals surface area contributed by atoms with Crippen molar-refractivity contribution >= 4 is 11.9 Å². The van der Waals surface area contributed by atoms with Crippen LogP contribution in [-0.4, -0.2) is 22.2 Å².